The van der Waals surface area contributed by atoms with Gasteiger partial charge in [0.15, 0.2) is 0 Å². The largest absolute Gasteiger partial charge is 0.399 e. The topological polar surface area (TPSA) is 64.1 Å². The van der Waals surface area contributed by atoms with Crippen LogP contribution in [0.25, 0.3) is 0 Å². The number of nitrogen functional groups attached to an aromatic ring is 1. The molecule has 2 aromatic rings. The first kappa shape index (κ1) is 9.58. The number of rotatable bonds is 3. The third kappa shape index (κ3) is 2.49. The number of hydrogen-bond donors (Lipinski definition) is 2. The van der Waals surface area contributed by atoms with E-state index < -0.39 is 0 Å². The minimum absolute atomic E-state index is 0.640. The van der Waals surface area contributed by atoms with Gasteiger partial charge in [-0.1, -0.05) is 11.2 Å². The van der Waals surface area contributed by atoms with Crippen molar-refractivity contribution in [3.8, 4) is 0 Å². The van der Waals surface area contributed by atoms with Crippen LogP contribution in [0, 0.1) is 6.92 Å². The van der Waals surface area contributed by atoms with Crippen LogP contribution in [0.4, 0.5) is 11.4 Å². The van der Waals surface area contributed by atoms with E-state index >= 15 is 0 Å². The van der Waals surface area contributed by atoms with Gasteiger partial charge in [0.05, 0.1) is 6.54 Å². The van der Waals surface area contributed by atoms with Crippen molar-refractivity contribution in [1.82, 2.24) is 5.16 Å². The summed E-state index contributed by atoms with van der Waals surface area (Å²) in [6, 6.07) is 9.51. The van der Waals surface area contributed by atoms with Crippen molar-refractivity contribution in [3.63, 3.8) is 0 Å². The van der Waals surface area contributed by atoms with E-state index in [-0.39, 0.29) is 0 Å². The monoisotopic (exact) mass is 203 g/mol. The van der Waals surface area contributed by atoms with Gasteiger partial charge in [-0.25, -0.2) is 0 Å². The quantitative estimate of drug-likeness (QED) is 0.750. The minimum Gasteiger partial charge on any atom is -0.399 e. The number of nitrogens with two attached hydrogens (primary N) is 1. The molecule has 4 heteroatoms. The van der Waals surface area contributed by atoms with Crippen LogP contribution in [-0.4, -0.2) is 5.16 Å². The lowest BCUT2D eigenvalue weighted by molar-refractivity contribution is 0.391. The van der Waals surface area contributed by atoms with Crippen molar-refractivity contribution in [2.24, 2.45) is 0 Å². The van der Waals surface area contributed by atoms with Crippen molar-refractivity contribution < 1.29 is 4.52 Å². The summed E-state index contributed by atoms with van der Waals surface area (Å²) < 4.78 is 4.96. The Kier molecular flexibility index (Phi) is 2.58. The molecule has 0 spiro atoms. The highest BCUT2D eigenvalue weighted by Gasteiger charge is 1.99. The fourth-order valence-corrected chi connectivity index (χ4v) is 1.34. The summed E-state index contributed by atoms with van der Waals surface area (Å²) in [5, 5.41) is 7.10. The second kappa shape index (κ2) is 4.04. The maximum absolute atomic E-state index is 5.66. The average Bonchev–Trinajstić information content (AvgIpc) is 2.62. The van der Waals surface area contributed by atoms with Crippen molar-refractivity contribution in [1.29, 1.82) is 0 Å². The first-order valence-corrected chi connectivity index (χ1v) is 4.75. The van der Waals surface area contributed by atoms with Crippen molar-refractivity contribution >= 4 is 11.4 Å². The van der Waals surface area contributed by atoms with Crippen LogP contribution >= 0.6 is 0 Å². The molecule has 1 aromatic heterocycles. The predicted molar refractivity (Wildman–Crippen MR) is 59.4 cm³/mol. The molecule has 0 fully saturated rings. The second-order valence-corrected chi connectivity index (χ2v) is 3.41. The summed E-state index contributed by atoms with van der Waals surface area (Å²) in [4.78, 5) is 0. The zero-order chi connectivity index (χ0) is 10.7. The molecule has 4 nitrogen and oxygen atoms in total. The van der Waals surface area contributed by atoms with E-state index in [1.807, 2.05) is 37.3 Å². The summed E-state index contributed by atoms with van der Waals surface area (Å²) in [5.41, 5.74) is 8.27. The zero-order valence-electron chi connectivity index (χ0n) is 8.53. The van der Waals surface area contributed by atoms with Crippen molar-refractivity contribution in [2.75, 3.05) is 11.1 Å². The van der Waals surface area contributed by atoms with E-state index in [2.05, 4.69) is 10.5 Å². The molecule has 0 unspecified atom stereocenters. The molecule has 15 heavy (non-hydrogen) atoms. The molecule has 0 saturated heterocycles. The summed E-state index contributed by atoms with van der Waals surface area (Å²) in [6.45, 7) is 2.51. The van der Waals surface area contributed by atoms with Crippen molar-refractivity contribution in [2.45, 2.75) is 13.5 Å². The van der Waals surface area contributed by atoms with Crippen LogP contribution in [0.1, 0.15) is 11.5 Å². The molecule has 1 aromatic carbocycles. The van der Waals surface area contributed by atoms with E-state index in [4.69, 9.17) is 10.3 Å². The molecule has 3 N–H and O–H groups in total. The maximum atomic E-state index is 5.66. The molecule has 1 heterocycles. The van der Waals surface area contributed by atoms with Gasteiger partial charge in [0.1, 0.15) is 11.5 Å². The molecule has 0 aliphatic rings. The Morgan fingerprint density at radius 1 is 1.40 bits per heavy atom. The number of aryl methyl sites for hydroxylation is 1. The number of aromatic nitrogens is 1. The lowest BCUT2D eigenvalue weighted by Crippen LogP contribution is -1.99. The van der Waals surface area contributed by atoms with Gasteiger partial charge in [0.2, 0.25) is 0 Å². The average molecular weight is 203 g/mol. The SMILES string of the molecule is Cc1cc(CNc2cccc(N)c2)no1. The summed E-state index contributed by atoms with van der Waals surface area (Å²) >= 11 is 0. The van der Waals surface area contributed by atoms with Gasteiger partial charge >= 0.3 is 0 Å². The van der Waals surface area contributed by atoms with Gasteiger partial charge in [0.25, 0.3) is 0 Å². The van der Waals surface area contributed by atoms with Gasteiger partial charge in [-0.05, 0) is 25.1 Å². The Hall–Kier alpha value is -1.97. The van der Waals surface area contributed by atoms with Gasteiger partial charge in [-0.2, -0.15) is 0 Å². The summed E-state index contributed by atoms with van der Waals surface area (Å²) in [7, 11) is 0. The second-order valence-electron chi connectivity index (χ2n) is 3.41. The Morgan fingerprint density at radius 3 is 2.93 bits per heavy atom. The van der Waals surface area contributed by atoms with Gasteiger partial charge in [0, 0.05) is 17.4 Å². The molecule has 0 aliphatic carbocycles. The Bertz CT molecular complexity index is 451. The molecular formula is C11H13N3O. The first-order chi connectivity index (χ1) is 7.24. The summed E-state index contributed by atoms with van der Waals surface area (Å²) in [6.07, 6.45) is 0. The highest BCUT2D eigenvalue weighted by Crippen LogP contribution is 2.13. The van der Waals surface area contributed by atoms with Crippen LogP contribution in [0.3, 0.4) is 0 Å². The lowest BCUT2D eigenvalue weighted by Gasteiger charge is -2.04. The van der Waals surface area contributed by atoms with Crippen molar-refractivity contribution in [3.05, 3.63) is 41.8 Å². The zero-order valence-corrected chi connectivity index (χ0v) is 8.53. The molecular weight excluding hydrogens is 190 g/mol. The Labute approximate surface area is 88.1 Å². The van der Waals surface area contributed by atoms with Crippen LogP contribution in [0.15, 0.2) is 34.9 Å². The van der Waals surface area contributed by atoms with Gasteiger partial charge in [-0.15, -0.1) is 0 Å². The number of hydrogen-bond acceptors (Lipinski definition) is 4. The molecule has 0 aliphatic heterocycles. The van der Waals surface area contributed by atoms with Crippen LogP contribution in [-0.2, 0) is 6.54 Å². The van der Waals surface area contributed by atoms with E-state index in [0.717, 1.165) is 22.8 Å². The third-order valence-electron chi connectivity index (χ3n) is 2.04. The van der Waals surface area contributed by atoms with Crippen LogP contribution in [0.5, 0.6) is 0 Å². The Balaban J connectivity index is 1.99. The standard InChI is InChI=1S/C11H13N3O/c1-8-5-11(14-15-8)7-13-10-4-2-3-9(12)6-10/h2-6,13H,7,12H2,1H3. The molecule has 0 amide bonds. The van der Waals surface area contributed by atoms with E-state index in [0.29, 0.717) is 6.54 Å². The molecule has 0 atom stereocenters. The fourth-order valence-electron chi connectivity index (χ4n) is 1.34. The number of anilines is 2. The summed E-state index contributed by atoms with van der Waals surface area (Å²) in [5.74, 6) is 0.819. The van der Waals surface area contributed by atoms with E-state index in [1.54, 1.807) is 0 Å². The molecule has 0 radical (unpaired) electrons. The fraction of sp³-hybridized carbons (Fsp3) is 0.182. The Morgan fingerprint density at radius 2 is 2.27 bits per heavy atom. The number of nitrogens with one attached hydrogen (secondary N) is 1. The van der Waals surface area contributed by atoms with Gasteiger partial charge < -0.3 is 15.6 Å². The first-order valence-electron chi connectivity index (χ1n) is 4.75. The molecule has 78 valence electrons. The highest BCUT2D eigenvalue weighted by atomic mass is 16.5. The van der Waals surface area contributed by atoms with E-state index in [9.17, 15) is 0 Å². The molecule has 0 saturated carbocycles. The van der Waals surface area contributed by atoms with Gasteiger partial charge in [-0.3, -0.25) is 0 Å². The smallest absolute Gasteiger partial charge is 0.133 e. The van der Waals surface area contributed by atoms with Crippen LogP contribution < -0.4 is 11.1 Å². The normalized spacial score (nSPS) is 10.2. The lowest BCUT2D eigenvalue weighted by atomic mass is 10.3. The predicted octanol–water partition coefficient (Wildman–Crippen LogP) is 2.18. The highest BCUT2D eigenvalue weighted by molar-refractivity contribution is 5.54. The minimum atomic E-state index is 0.640. The van der Waals surface area contributed by atoms with Crippen LogP contribution in [0.2, 0.25) is 0 Å². The molecule has 2 rings (SSSR count). The number of nitrogens with zero attached hydrogens (tertiary/aromatic N) is 1. The third-order valence-corrected chi connectivity index (χ3v) is 2.04. The maximum Gasteiger partial charge on any atom is 0.133 e. The van der Waals surface area contributed by atoms with E-state index in [1.165, 1.54) is 0 Å². The molecule has 0 bridgehead atoms. The number of benzene rings is 1.